The summed E-state index contributed by atoms with van der Waals surface area (Å²) in [5.41, 5.74) is 5.20. The molecule has 0 aromatic rings. The van der Waals surface area contributed by atoms with Crippen molar-refractivity contribution in [2.75, 3.05) is 19.3 Å². The van der Waals surface area contributed by atoms with Crippen LogP contribution in [0.1, 0.15) is 96.8 Å². The molecular weight excluding hydrogens is 376 g/mol. The molecule has 0 aliphatic carbocycles. The van der Waals surface area contributed by atoms with Crippen LogP contribution in [0.2, 0.25) is 0 Å². The van der Waals surface area contributed by atoms with Gasteiger partial charge < -0.3 is 5.73 Å². The Balaban J connectivity index is 3.51. The molecule has 0 aliphatic heterocycles. The van der Waals surface area contributed by atoms with E-state index in [0.29, 0.717) is 6.42 Å². The van der Waals surface area contributed by atoms with Gasteiger partial charge in [0.05, 0.1) is 5.75 Å². The lowest BCUT2D eigenvalue weighted by molar-refractivity contribution is -0.151. The summed E-state index contributed by atoms with van der Waals surface area (Å²) in [5.74, 6) is -0.615. The Morgan fingerprint density at radius 2 is 1.39 bits per heavy atom. The quantitative estimate of drug-likeness (QED) is 0.186. The highest BCUT2D eigenvalue weighted by Gasteiger charge is 2.18. The van der Waals surface area contributed by atoms with Crippen molar-refractivity contribution < 1.29 is 17.5 Å². The van der Waals surface area contributed by atoms with E-state index in [1.165, 1.54) is 58.4 Å². The van der Waals surface area contributed by atoms with Crippen LogP contribution in [0.15, 0.2) is 12.2 Å². The molecular formula is C21H42N2O4S. The molecule has 0 heterocycles. The Kier molecular flexibility index (Phi) is 17.5. The van der Waals surface area contributed by atoms with Crippen molar-refractivity contribution in [1.29, 1.82) is 0 Å². The number of hydrogen-bond acceptors (Lipinski definition) is 5. The maximum absolute atomic E-state index is 11.9. The molecule has 7 heteroatoms. The number of carbonyl (C=O) groups is 1. The van der Waals surface area contributed by atoms with Crippen LogP contribution >= 0.6 is 0 Å². The first-order valence-electron chi connectivity index (χ1n) is 11.0. The number of hydrogen-bond donors (Lipinski definition) is 1. The summed E-state index contributed by atoms with van der Waals surface area (Å²) in [7, 11) is -2.43. The summed E-state index contributed by atoms with van der Waals surface area (Å²) in [6.07, 6.45) is 20.5. The summed E-state index contributed by atoms with van der Waals surface area (Å²) in [6, 6.07) is 0. The third kappa shape index (κ3) is 17.2. The van der Waals surface area contributed by atoms with Crippen molar-refractivity contribution >= 4 is 16.0 Å². The van der Waals surface area contributed by atoms with E-state index in [9.17, 15) is 13.2 Å². The van der Waals surface area contributed by atoms with Gasteiger partial charge in [-0.15, -0.1) is 4.28 Å². The second-order valence-corrected chi connectivity index (χ2v) is 9.02. The van der Waals surface area contributed by atoms with Crippen LogP contribution in [0.25, 0.3) is 0 Å². The van der Waals surface area contributed by atoms with E-state index in [0.717, 1.165) is 37.2 Å². The maximum atomic E-state index is 11.9. The van der Waals surface area contributed by atoms with Crippen LogP contribution in [0.5, 0.6) is 0 Å². The zero-order chi connectivity index (χ0) is 21.1. The normalized spacial score (nSPS) is 12.0. The van der Waals surface area contributed by atoms with Gasteiger partial charge in [0.1, 0.15) is 0 Å². The van der Waals surface area contributed by atoms with Crippen molar-refractivity contribution in [3.05, 3.63) is 12.2 Å². The van der Waals surface area contributed by atoms with Crippen LogP contribution in [-0.2, 0) is 19.2 Å². The molecule has 0 atom stereocenters. The average Bonchev–Trinajstić information content (AvgIpc) is 2.64. The van der Waals surface area contributed by atoms with E-state index in [4.69, 9.17) is 5.73 Å². The summed E-state index contributed by atoms with van der Waals surface area (Å²) >= 11 is 0. The second-order valence-electron chi connectivity index (χ2n) is 7.35. The van der Waals surface area contributed by atoms with Gasteiger partial charge in [-0.1, -0.05) is 70.4 Å². The number of nitrogens with zero attached hydrogens (tertiary/aromatic N) is 1. The van der Waals surface area contributed by atoms with Crippen molar-refractivity contribution in [1.82, 2.24) is 5.06 Å². The molecule has 0 rings (SSSR count). The van der Waals surface area contributed by atoms with Gasteiger partial charge in [-0.25, -0.2) is 5.06 Å². The minimum absolute atomic E-state index is 0.0292. The molecule has 6 nitrogen and oxygen atoms in total. The number of rotatable bonds is 19. The number of carbonyl (C=O) groups excluding carboxylic acids is 1. The Bertz CT molecular complexity index is 507. The maximum Gasteiger partial charge on any atom is 0.289 e. The van der Waals surface area contributed by atoms with Gasteiger partial charge in [0.2, 0.25) is 5.91 Å². The van der Waals surface area contributed by atoms with Gasteiger partial charge in [-0.05, 0) is 32.1 Å². The summed E-state index contributed by atoms with van der Waals surface area (Å²) in [4.78, 5) is 11.9. The van der Waals surface area contributed by atoms with Crippen molar-refractivity contribution in [2.24, 2.45) is 5.73 Å². The van der Waals surface area contributed by atoms with Crippen molar-refractivity contribution in [3.63, 3.8) is 0 Å². The van der Waals surface area contributed by atoms with Gasteiger partial charge in [-0.2, -0.15) is 8.42 Å². The SMILES string of the molecule is CCCCCCCC/C=C\CCCCCCCC(=O)N(C)OS(=O)(=O)CCN. The van der Waals surface area contributed by atoms with E-state index in [-0.39, 0.29) is 18.2 Å². The predicted octanol–water partition coefficient (Wildman–Crippen LogP) is 4.70. The molecule has 0 radical (unpaired) electrons. The summed E-state index contributed by atoms with van der Waals surface area (Å²) in [6.45, 7) is 2.22. The fraction of sp³-hybridized carbons (Fsp3) is 0.857. The minimum atomic E-state index is -3.76. The first kappa shape index (κ1) is 27.1. The van der Waals surface area contributed by atoms with E-state index < -0.39 is 10.1 Å². The second kappa shape index (κ2) is 18.1. The van der Waals surface area contributed by atoms with Gasteiger partial charge in [0.25, 0.3) is 10.1 Å². The van der Waals surface area contributed by atoms with Gasteiger partial charge in [0, 0.05) is 20.0 Å². The first-order valence-corrected chi connectivity index (χ1v) is 12.5. The topological polar surface area (TPSA) is 89.7 Å². The lowest BCUT2D eigenvalue weighted by Crippen LogP contribution is -2.32. The molecule has 1 amide bonds. The van der Waals surface area contributed by atoms with Crippen LogP contribution in [0.3, 0.4) is 0 Å². The van der Waals surface area contributed by atoms with Gasteiger partial charge in [-0.3, -0.25) is 4.79 Å². The Morgan fingerprint density at radius 3 is 1.93 bits per heavy atom. The standard InChI is InChI=1S/C21H42N2O4S/c1-3-4-5-6-7-8-9-10-11-12-13-14-15-16-17-18-21(24)23(2)27-28(25,26)20-19-22/h10-11H,3-9,12-20,22H2,1-2H3/b11-10-. The fourth-order valence-corrected chi connectivity index (χ4v) is 3.68. The molecule has 166 valence electrons. The zero-order valence-electron chi connectivity index (χ0n) is 18.0. The largest absolute Gasteiger partial charge is 0.329 e. The highest BCUT2D eigenvalue weighted by molar-refractivity contribution is 7.86. The highest BCUT2D eigenvalue weighted by Crippen LogP contribution is 2.11. The fourth-order valence-electron chi connectivity index (χ4n) is 2.90. The lowest BCUT2D eigenvalue weighted by atomic mass is 10.1. The van der Waals surface area contributed by atoms with Gasteiger partial charge in [0.15, 0.2) is 0 Å². The molecule has 0 fully saturated rings. The van der Waals surface area contributed by atoms with E-state index in [1.807, 2.05) is 0 Å². The monoisotopic (exact) mass is 418 g/mol. The molecule has 0 saturated carbocycles. The number of amides is 1. The Morgan fingerprint density at radius 1 is 0.893 bits per heavy atom. The van der Waals surface area contributed by atoms with Crippen molar-refractivity contribution in [2.45, 2.75) is 96.8 Å². The Hall–Kier alpha value is -0.920. The number of allylic oxidation sites excluding steroid dienone is 2. The van der Waals surface area contributed by atoms with Crippen LogP contribution in [0.4, 0.5) is 0 Å². The minimum Gasteiger partial charge on any atom is -0.329 e. The summed E-state index contributed by atoms with van der Waals surface area (Å²) < 4.78 is 27.6. The molecule has 0 aliphatic rings. The third-order valence-corrected chi connectivity index (χ3v) is 5.78. The molecule has 0 spiro atoms. The van der Waals surface area contributed by atoms with E-state index in [1.54, 1.807) is 0 Å². The van der Waals surface area contributed by atoms with Crippen LogP contribution in [-0.4, -0.2) is 38.7 Å². The predicted molar refractivity (Wildman–Crippen MR) is 116 cm³/mol. The smallest absolute Gasteiger partial charge is 0.289 e. The number of unbranched alkanes of at least 4 members (excludes halogenated alkanes) is 11. The summed E-state index contributed by atoms with van der Waals surface area (Å²) in [5, 5.41) is 0.805. The number of nitrogens with two attached hydrogens (primary N) is 1. The molecule has 28 heavy (non-hydrogen) atoms. The molecule has 0 bridgehead atoms. The van der Waals surface area contributed by atoms with Crippen LogP contribution in [0, 0.1) is 0 Å². The molecule has 0 aromatic heterocycles. The molecule has 2 N–H and O–H groups in total. The molecule has 0 unspecified atom stereocenters. The van der Waals surface area contributed by atoms with Crippen molar-refractivity contribution in [3.8, 4) is 0 Å². The van der Waals surface area contributed by atoms with Gasteiger partial charge >= 0.3 is 0 Å². The molecule has 0 aromatic carbocycles. The number of hydroxylamine groups is 2. The highest BCUT2D eigenvalue weighted by atomic mass is 32.2. The zero-order valence-corrected chi connectivity index (χ0v) is 18.9. The van der Waals surface area contributed by atoms with Crippen LogP contribution < -0.4 is 5.73 Å². The van der Waals surface area contributed by atoms with E-state index in [2.05, 4.69) is 23.4 Å². The average molecular weight is 419 g/mol. The lowest BCUT2D eigenvalue weighted by Gasteiger charge is -2.15. The molecule has 0 saturated heterocycles. The Labute approximate surface area is 173 Å². The third-order valence-electron chi connectivity index (χ3n) is 4.60. The first-order chi connectivity index (χ1) is 13.4. The van der Waals surface area contributed by atoms with E-state index >= 15 is 0 Å².